The van der Waals surface area contributed by atoms with E-state index in [0.717, 1.165) is 18.6 Å². The lowest BCUT2D eigenvalue weighted by atomic mass is 10.0. The van der Waals surface area contributed by atoms with Crippen molar-refractivity contribution in [3.05, 3.63) is 36.5 Å². The average Bonchev–Trinajstić information content (AvgIpc) is 2.47. The van der Waals surface area contributed by atoms with Crippen LogP contribution in [0, 0.1) is 0 Å². The van der Waals surface area contributed by atoms with Gasteiger partial charge in [-0.1, -0.05) is 6.07 Å². The van der Waals surface area contributed by atoms with Crippen molar-refractivity contribution in [2.45, 2.75) is 18.9 Å². The molecule has 1 aromatic heterocycles. The van der Waals surface area contributed by atoms with E-state index < -0.39 is 0 Å². The van der Waals surface area contributed by atoms with Gasteiger partial charge in [0.2, 0.25) is 0 Å². The Balaban J connectivity index is 1.88. The first-order chi connectivity index (χ1) is 8.84. The molecule has 1 fully saturated rings. The number of nitrogens with zero attached hydrogens (tertiary/aromatic N) is 2. The number of nitrogens with one attached hydrogen (secondary N) is 1. The van der Waals surface area contributed by atoms with E-state index in [4.69, 9.17) is 0 Å². The molecule has 0 unspecified atom stereocenters. The zero-order valence-electron chi connectivity index (χ0n) is 10.8. The van der Waals surface area contributed by atoms with Crippen LogP contribution < -0.4 is 10.2 Å². The molecule has 18 heavy (non-hydrogen) atoms. The summed E-state index contributed by atoms with van der Waals surface area (Å²) in [5.74, 6) is 0. The van der Waals surface area contributed by atoms with Crippen molar-refractivity contribution >= 4 is 16.6 Å². The molecule has 0 bridgehead atoms. The molecule has 1 saturated heterocycles. The minimum Gasteiger partial charge on any atom is -0.371 e. The van der Waals surface area contributed by atoms with Gasteiger partial charge in [0.15, 0.2) is 0 Å². The van der Waals surface area contributed by atoms with Gasteiger partial charge in [-0.3, -0.25) is 4.98 Å². The third kappa shape index (κ3) is 2.18. The van der Waals surface area contributed by atoms with Gasteiger partial charge >= 0.3 is 0 Å². The van der Waals surface area contributed by atoms with Gasteiger partial charge < -0.3 is 10.2 Å². The highest BCUT2D eigenvalue weighted by atomic mass is 15.1. The van der Waals surface area contributed by atoms with Crippen molar-refractivity contribution in [1.29, 1.82) is 0 Å². The molecule has 1 aromatic carbocycles. The molecule has 3 rings (SSSR count). The van der Waals surface area contributed by atoms with Crippen LogP contribution in [-0.4, -0.2) is 31.2 Å². The van der Waals surface area contributed by atoms with Crippen LogP contribution in [0.5, 0.6) is 0 Å². The Morgan fingerprint density at radius 2 is 2.06 bits per heavy atom. The summed E-state index contributed by atoms with van der Waals surface area (Å²) in [5.41, 5.74) is 2.36. The van der Waals surface area contributed by atoms with E-state index in [9.17, 15) is 0 Å². The summed E-state index contributed by atoms with van der Waals surface area (Å²) in [7, 11) is 2.20. The number of rotatable bonds is 2. The highest BCUT2D eigenvalue weighted by molar-refractivity contribution is 5.82. The van der Waals surface area contributed by atoms with Crippen molar-refractivity contribution in [2.75, 3.05) is 25.0 Å². The zero-order chi connectivity index (χ0) is 12.4. The van der Waals surface area contributed by atoms with Crippen LogP contribution in [0.15, 0.2) is 36.5 Å². The molecule has 94 valence electrons. The SMILES string of the molecule is CN(c1ccc2ncccc2c1)C1CCNCC1. The molecule has 1 aliphatic heterocycles. The van der Waals surface area contributed by atoms with Gasteiger partial charge in [0.25, 0.3) is 0 Å². The van der Waals surface area contributed by atoms with Gasteiger partial charge in [-0.25, -0.2) is 0 Å². The molecule has 0 amide bonds. The summed E-state index contributed by atoms with van der Waals surface area (Å²) in [6.45, 7) is 2.26. The molecule has 0 aliphatic carbocycles. The van der Waals surface area contributed by atoms with Crippen molar-refractivity contribution in [3.8, 4) is 0 Å². The number of hydrogen-bond acceptors (Lipinski definition) is 3. The minimum atomic E-state index is 0.653. The first-order valence-corrected chi connectivity index (χ1v) is 6.63. The average molecular weight is 241 g/mol. The summed E-state index contributed by atoms with van der Waals surface area (Å²) in [6, 6.07) is 11.3. The normalized spacial score (nSPS) is 16.9. The van der Waals surface area contributed by atoms with Crippen molar-refractivity contribution in [2.24, 2.45) is 0 Å². The van der Waals surface area contributed by atoms with Crippen LogP contribution in [0.1, 0.15) is 12.8 Å². The molecule has 1 aliphatic rings. The van der Waals surface area contributed by atoms with Crippen LogP contribution in [0.4, 0.5) is 5.69 Å². The quantitative estimate of drug-likeness (QED) is 0.875. The fraction of sp³-hybridized carbons (Fsp3) is 0.400. The second-order valence-electron chi connectivity index (χ2n) is 4.97. The Morgan fingerprint density at radius 1 is 1.22 bits per heavy atom. The molecule has 1 N–H and O–H groups in total. The monoisotopic (exact) mass is 241 g/mol. The Bertz CT molecular complexity index is 532. The fourth-order valence-electron chi connectivity index (χ4n) is 2.69. The van der Waals surface area contributed by atoms with Crippen LogP contribution in [0.2, 0.25) is 0 Å². The maximum absolute atomic E-state index is 4.37. The van der Waals surface area contributed by atoms with Gasteiger partial charge in [0, 0.05) is 30.4 Å². The van der Waals surface area contributed by atoms with E-state index in [1.54, 1.807) is 0 Å². The Labute approximate surface area is 108 Å². The molecule has 0 spiro atoms. The number of pyridine rings is 1. The highest BCUT2D eigenvalue weighted by Crippen LogP contribution is 2.23. The minimum absolute atomic E-state index is 0.653. The molecular formula is C15H19N3. The highest BCUT2D eigenvalue weighted by Gasteiger charge is 2.18. The van der Waals surface area contributed by atoms with Gasteiger partial charge in [-0.05, 0) is 50.2 Å². The third-order valence-corrected chi connectivity index (χ3v) is 3.85. The summed E-state index contributed by atoms with van der Waals surface area (Å²) in [4.78, 5) is 6.78. The van der Waals surface area contributed by atoms with Crippen LogP contribution in [-0.2, 0) is 0 Å². The Morgan fingerprint density at radius 3 is 2.89 bits per heavy atom. The first-order valence-electron chi connectivity index (χ1n) is 6.63. The van der Waals surface area contributed by atoms with E-state index in [2.05, 4.69) is 46.5 Å². The Hall–Kier alpha value is -1.61. The number of hydrogen-bond donors (Lipinski definition) is 1. The standard InChI is InChI=1S/C15H19N3/c1-18(13-6-9-16-10-7-13)14-4-5-15-12(11-14)3-2-8-17-15/h2-5,8,11,13,16H,6-7,9-10H2,1H3. The van der Waals surface area contributed by atoms with Crippen molar-refractivity contribution in [3.63, 3.8) is 0 Å². The number of piperidine rings is 1. The van der Waals surface area contributed by atoms with E-state index >= 15 is 0 Å². The molecular weight excluding hydrogens is 222 g/mol. The maximum atomic E-state index is 4.37. The van der Waals surface area contributed by atoms with Crippen molar-refractivity contribution < 1.29 is 0 Å². The predicted octanol–water partition coefficient (Wildman–Crippen LogP) is 2.42. The topological polar surface area (TPSA) is 28.2 Å². The smallest absolute Gasteiger partial charge is 0.0703 e. The number of anilines is 1. The molecule has 2 heterocycles. The molecule has 3 nitrogen and oxygen atoms in total. The molecule has 0 atom stereocenters. The summed E-state index contributed by atoms with van der Waals surface area (Å²) in [6.07, 6.45) is 4.29. The molecule has 0 radical (unpaired) electrons. The third-order valence-electron chi connectivity index (χ3n) is 3.85. The molecule has 0 saturated carbocycles. The number of aromatic nitrogens is 1. The Kier molecular flexibility index (Phi) is 3.15. The lowest BCUT2D eigenvalue weighted by Crippen LogP contribution is -2.41. The zero-order valence-corrected chi connectivity index (χ0v) is 10.8. The van der Waals surface area contributed by atoms with E-state index in [1.165, 1.54) is 23.9 Å². The predicted molar refractivity (Wildman–Crippen MR) is 76.0 cm³/mol. The fourth-order valence-corrected chi connectivity index (χ4v) is 2.69. The lowest BCUT2D eigenvalue weighted by molar-refractivity contribution is 0.443. The second-order valence-corrected chi connectivity index (χ2v) is 4.97. The maximum Gasteiger partial charge on any atom is 0.0703 e. The summed E-state index contributed by atoms with van der Waals surface area (Å²) < 4.78 is 0. The largest absolute Gasteiger partial charge is 0.371 e. The van der Waals surface area contributed by atoms with Gasteiger partial charge in [0.05, 0.1) is 5.52 Å². The summed E-state index contributed by atoms with van der Waals surface area (Å²) >= 11 is 0. The number of fused-ring (bicyclic) bond motifs is 1. The van der Waals surface area contributed by atoms with Gasteiger partial charge in [-0.15, -0.1) is 0 Å². The molecule has 3 heteroatoms. The van der Waals surface area contributed by atoms with Crippen LogP contribution >= 0.6 is 0 Å². The summed E-state index contributed by atoms with van der Waals surface area (Å²) in [5, 5.41) is 4.63. The van der Waals surface area contributed by atoms with E-state index in [1.807, 2.05) is 12.3 Å². The van der Waals surface area contributed by atoms with Crippen molar-refractivity contribution in [1.82, 2.24) is 10.3 Å². The second kappa shape index (κ2) is 4.94. The first kappa shape index (κ1) is 11.5. The van der Waals surface area contributed by atoms with E-state index in [-0.39, 0.29) is 0 Å². The van der Waals surface area contributed by atoms with E-state index in [0.29, 0.717) is 6.04 Å². The van der Waals surface area contributed by atoms with Gasteiger partial charge in [-0.2, -0.15) is 0 Å². The molecule has 2 aromatic rings. The van der Waals surface area contributed by atoms with Gasteiger partial charge in [0.1, 0.15) is 0 Å². The lowest BCUT2D eigenvalue weighted by Gasteiger charge is -2.33. The number of benzene rings is 1. The van der Waals surface area contributed by atoms with Crippen LogP contribution in [0.3, 0.4) is 0 Å². The van der Waals surface area contributed by atoms with Crippen LogP contribution in [0.25, 0.3) is 10.9 Å².